The lowest BCUT2D eigenvalue weighted by molar-refractivity contribution is 0.480. The molecular formula is C15H16N2O5S. The maximum atomic E-state index is 12.4. The Kier molecular flexibility index (Phi) is 3.63. The van der Waals surface area contributed by atoms with Gasteiger partial charge in [-0.05, 0) is 42.5 Å². The monoisotopic (exact) mass is 336 g/mol. The lowest BCUT2D eigenvalue weighted by Crippen LogP contribution is -2.39. The fraction of sp³-hybridized carbons (Fsp3) is 0.333. The van der Waals surface area contributed by atoms with E-state index in [1.807, 2.05) is 6.07 Å². The van der Waals surface area contributed by atoms with E-state index in [0.29, 0.717) is 0 Å². The first-order chi connectivity index (χ1) is 10.8. The molecule has 0 radical (unpaired) electrons. The third-order valence-corrected chi connectivity index (χ3v) is 5.19. The second-order valence-electron chi connectivity index (χ2n) is 5.57. The van der Waals surface area contributed by atoms with Gasteiger partial charge in [0.2, 0.25) is 0 Å². The van der Waals surface area contributed by atoms with Crippen LogP contribution in [-0.2, 0) is 37.1 Å². The van der Waals surface area contributed by atoms with Crippen molar-refractivity contribution in [1.29, 1.82) is 0 Å². The Hall–Kier alpha value is -2.35. The summed E-state index contributed by atoms with van der Waals surface area (Å²) < 4.78 is 31.6. The van der Waals surface area contributed by atoms with Gasteiger partial charge >= 0.3 is 15.8 Å². The largest absolute Gasteiger partial charge is 0.379 e. The lowest BCUT2D eigenvalue weighted by atomic mass is 10.1. The SMILES string of the molecule is Cn1cc(S(=O)(=O)Oc2ccc3c(c2)CCC3)c(=O)n(C)c1=O. The molecule has 0 fully saturated rings. The van der Waals surface area contributed by atoms with Crippen molar-refractivity contribution < 1.29 is 12.6 Å². The maximum Gasteiger partial charge on any atom is 0.346 e. The van der Waals surface area contributed by atoms with E-state index in [0.717, 1.165) is 40.2 Å². The predicted molar refractivity (Wildman–Crippen MR) is 83.2 cm³/mol. The van der Waals surface area contributed by atoms with E-state index >= 15 is 0 Å². The van der Waals surface area contributed by atoms with Gasteiger partial charge in [-0.1, -0.05) is 6.07 Å². The Morgan fingerprint density at radius 2 is 1.78 bits per heavy atom. The second-order valence-corrected chi connectivity index (χ2v) is 7.09. The van der Waals surface area contributed by atoms with E-state index in [2.05, 4.69) is 0 Å². The number of hydrogen-bond donors (Lipinski definition) is 0. The molecule has 1 heterocycles. The van der Waals surface area contributed by atoms with Gasteiger partial charge in [0, 0.05) is 20.3 Å². The standard InChI is InChI=1S/C15H16N2O5S/c1-16-9-13(14(18)17(2)15(16)19)23(20,21)22-12-7-6-10-4-3-5-11(10)8-12/h6-9H,3-5H2,1-2H3. The van der Waals surface area contributed by atoms with Crippen LogP contribution in [0.25, 0.3) is 0 Å². The van der Waals surface area contributed by atoms with Crippen molar-refractivity contribution in [3.05, 3.63) is 56.4 Å². The van der Waals surface area contributed by atoms with Crippen molar-refractivity contribution in [2.75, 3.05) is 0 Å². The first kappa shape index (κ1) is 15.5. The van der Waals surface area contributed by atoms with E-state index in [9.17, 15) is 18.0 Å². The van der Waals surface area contributed by atoms with Crippen molar-refractivity contribution in [3.8, 4) is 5.75 Å². The van der Waals surface area contributed by atoms with E-state index in [4.69, 9.17) is 4.18 Å². The number of fused-ring (bicyclic) bond motifs is 1. The van der Waals surface area contributed by atoms with Gasteiger partial charge in [0.1, 0.15) is 5.75 Å². The minimum absolute atomic E-state index is 0.168. The van der Waals surface area contributed by atoms with Crippen molar-refractivity contribution in [2.45, 2.75) is 24.2 Å². The van der Waals surface area contributed by atoms with Crippen LogP contribution in [0.4, 0.5) is 0 Å². The molecule has 0 atom stereocenters. The van der Waals surface area contributed by atoms with Gasteiger partial charge in [-0.3, -0.25) is 9.36 Å². The van der Waals surface area contributed by atoms with Crippen molar-refractivity contribution in [3.63, 3.8) is 0 Å². The Bertz CT molecular complexity index is 1000. The average molecular weight is 336 g/mol. The topological polar surface area (TPSA) is 87.4 Å². The summed E-state index contributed by atoms with van der Waals surface area (Å²) in [7, 11) is -1.72. The molecule has 3 rings (SSSR count). The van der Waals surface area contributed by atoms with Crippen LogP contribution >= 0.6 is 0 Å². The highest BCUT2D eigenvalue weighted by Crippen LogP contribution is 2.27. The van der Waals surface area contributed by atoms with Crippen LogP contribution in [-0.4, -0.2) is 17.6 Å². The van der Waals surface area contributed by atoms with Crippen LogP contribution in [0, 0.1) is 0 Å². The summed E-state index contributed by atoms with van der Waals surface area (Å²) in [4.78, 5) is 23.1. The molecule has 0 saturated heterocycles. The van der Waals surface area contributed by atoms with Crippen LogP contribution in [0.3, 0.4) is 0 Å². The van der Waals surface area contributed by atoms with E-state index in [-0.39, 0.29) is 5.75 Å². The zero-order valence-corrected chi connectivity index (χ0v) is 13.6. The second kappa shape index (κ2) is 5.38. The molecule has 0 spiro atoms. The van der Waals surface area contributed by atoms with Crippen molar-refractivity contribution in [1.82, 2.24) is 9.13 Å². The maximum absolute atomic E-state index is 12.4. The number of hydrogen-bond acceptors (Lipinski definition) is 5. The summed E-state index contributed by atoms with van der Waals surface area (Å²) in [6.07, 6.45) is 3.87. The highest BCUT2D eigenvalue weighted by Gasteiger charge is 2.24. The van der Waals surface area contributed by atoms with Crippen molar-refractivity contribution in [2.24, 2.45) is 14.1 Å². The van der Waals surface area contributed by atoms with Crippen LogP contribution in [0.15, 0.2) is 38.9 Å². The third kappa shape index (κ3) is 2.70. The molecule has 1 aliphatic carbocycles. The van der Waals surface area contributed by atoms with Gasteiger partial charge in [-0.15, -0.1) is 0 Å². The molecule has 23 heavy (non-hydrogen) atoms. The molecule has 0 aliphatic heterocycles. The minimum atomic E-state index is -4.32. The molecule has 0 bridgehead atoms. The molecule has 1 aliphatic rings. The molecule has 1 aromatic heterocycles. The molecule has 7 nitrogen and oxygen atoms in total. The normalized spacial score (nSPS) is 13.8. The number of benzene rings is 1. The highest BCUT2D eigenvalue weighted by atomic mass is 32.2. The lowest BCUT2D eigenvalue weighted by Gasteiger charge is -2.10. The number of nitrogens with zero attached hydrogens (tertiary/aromatic N) is 2. The summed E-state index contributed by atoms with van der Waals surface area (Å²) >= 11 is 0. The Morgan fingerprint density at radius 1 is 1.09 bits per heavy atom. The van der Waals surface area contributed by atoms with Gasteiger partial charge in [0.05, 0.1) is 0 Å². The van der Waals surface area contributed by atoms with Gasteiger partial charge in [-0.2, -0.15) is 8.42 Å². The Morgan fingerprint density at radius 3 is 2.52 bits per heavy atom. The summed E-state index contributed by atoms with van der Waals surface area (Å²) in [6.45, 7) is 0. The van der Waals surface area contributed by atoms with E-state index in [1.165, 1.54) is 19.7 Å². The fourth-order valence-electron chi connectivity index (χ4n) is 2.72. The minimum Gasteiger partial charge on any atom is -0.379 e. The number of rotatable bonds is 3. The Balaban J connectivity index is 2.03. The molecule has 0 saturated carbocycles. The first-order valence-electron chi connectivity index (χ1n) is 7.12. The molecular weight excluding hydrogens is 320 g/mol. The summed E-state index contributed by atoms with van der Waals surface area (Å²) in [6, 6.07) is 5.10. The smallest absolute Gasteiger partial charge is 0.346 e. The van der Waals surface area contributed by atoms with Crippen molar-refractivity contribution >= 4 is 10.1 Å². The molecule has 8 heteroatoms. The number of aryl methyl sites for hydroxylation is 3. The average Bonchev–Trinajstić information content (AvgIpc) is 2.95. The Labute approximate surface area is 132 Å². The predicted octanol–water partition coefficient (Wildman–Crippen LogP) is 0.340. The number of aromatic nitrogens is 2. The molecule has 122 valence electrons. The summed E-state index contributed by atoms with van der Waals surface area (Å²) in [5, 5.41) is 0. The molecule has 0 unspecified atom stereocenters. The van der Waals surface area contributed by atoms with E-state index in [1.54, 1.807) is 12.1 Å². The molecule has 2 aromatic rings. The molecule has 0 amide bonds. The quantitative estimate of drug-likeness (QED) is 0.754. The highest BCUT2D eigenvalue weighted by molar-refractivity contribution is 7.87. The van der Waals surface area contributed by atoms with Crippen LogP contribution in [0.2, 0.25) is 0 Å². The van der Waals surface area contributed by atoms with Crippen LogP contribution in [0.1, 0.15) is 17.5 Å². The molecule has 1 aromatic carbocycles. The van der Waals surface area contributed by atoms with Gasteiger partial charge in [-0.25, -0.2) is 4.79 Å². The van der Waals surface area contributed by atoms with Crippen LogP contribution < -0.4 is 15.4 Å². The zero-order chi connectivity index (χ0) is 16.8. The third-order valence-electron chi connectivity index (χ3n) is 3.96. The summed E-state index contributed by atoms with van der Waals surface area (Å²) in [5.74, 6) is 0.168. The van der Waals surface area contributed by atoms with Gasteiger partial charge < -0.3 is 8.75 Å². The van der Waals surface area contributed by atoms with E-state index < -0.39 is 26.3 Å². The fourth-order valence-corrected chi connectivity index (χ4v) is 3.80. The van der Waals surface area contributed by atoms with Crippen LogP contribution in [0.5, 0.6) is 5.75 Å². The first-order valence-corrected chi connectivity index (χ1v) is 8.53. The molecule has 0 N–H and O–H groups in total. The zero-order valence-electron chi connectivity index (χ0n) is 12.8. The van der Waals surface area contributed by atoms with Gasteiger partial charge in [0.15, 0.2) is 4.90 Å². The summed E-state index contributed by atoms with van der Waals surface area (Å²) in [5.41, 5.74) is 0.736. The van der Waals surface area contributed by atoms with Gasteiger partial charge in [0.25, 0.3) is 5.56 Å².